The van der Waals surface area contributed by atoms with Gasteiger partial charge in [0.1, 0.15) is 0 Å². The van der Waals surface area contributed by atoms with Crippen molar-refractivity contribution in [2.24, 2.45) is 0 Å². The molecule has 4 rings (SSSR count). The van der Waals surface area contributed by atoms with Crippen LogP contribution < -0.4 is 21.6 Å². The molecule has 2 aromatic heterocycles. The van der Waals surface area contributed by atoms with Crippen molar-refractivity contribution in [3.05, 3.63) is 64.5 Å². The maximum absolute atomic E-state index is 14.9. The van der Waals surface area contributed by atoms with Crippen molar-refractivity contribution in [3.63, 3.8) is 0 Å². The molecule has 0 atom stereocenters. The van der Waals surface area contributed by atoms with Crippen LogP contribution in [-0.2, 0) is 4.74 Å². The lowest BCUT2D eigenvalue weighted by molar-refractivity contribution is 0.196. The van der Waals surface area contributed by atoms with Crippen molar-refractivity contribution < 1.29 is 9.13 Å². The van der Waals surface area contributed by atoms with Gasteiger partial charge in [0.05, 0.1) is 22.9 Å². The number of hydrogen-bond acceptors (Lipinski definition) is 8. The minimum atomic E-state index is -0.623. The highest BCUT2D eigenvalue weighted by Crippen LogP contribution is 2.32. The maximum atomic E-state index is 14.9. The Hall–Kier alpha value is -4.25. The number of halogens is 1. The van der Waals surface area contributed by atoms with Crippen LogP contribution in [0, 0.1) is 11.2 Å². The molecule has 6 N–H and O–H groups in total. The highest BCUT2D eigenvalue weighted by Gasteiger charge is 2.20. The fourth-order valence-corrected chi connectivity index (χ4v) is 3.52. The molecular weight excluding hydrogens is 427 g/mol. The number of aromatic nitrogens is 4. The van der Waals surface area contributed by atoms with E-state index in [0.29, 0.717) is 53.2 Å². The molecule has 11 heteroatoms. The van der Waals surface area contributed by atoms with E-state index >= 15 is 0 Å². The van der Waals surface area contributed by atoms with Gasteiger partial charge in [-0.1, -0.05) is 6.07 Å². The predicted molar refractivity (Wildman–Crippen MR) is 126 cm³/mol. The average molecular weight is 450 g/mol. The van der Waals surface area contributed by atoms with E-state index in [1.165, 1.54) is 0 Å². The molecular formula is C22H23FN8O2. The van der Waals surface area contributed by atoms with Crippen molar-refractivity contribution in [2.45, 2.75) is 6.42 Å². The molecule has 10 nitrogen and oxygen atoms in total. The third kappa shape index (κ3) is 4.67. The zero-order valence-corrected chi connectivity index (χ0v) is 17.9. The molecule has 0 fully saturated rings. The molecule has 2 heterocycles. The summed E-state index contributed by atoms with van der Waals surface area (Å²) in [5.74, 6) is -0.421. The van der Waals surface area contributed by atoms with Crippen molar-refractivity contribution >= 4 is 46.1 Å². The zero-order chi connectivity index (χ0) is 23.4. The van der Waals surface area contributed by atoms with Gasteiger partial charge in [-0.25, -0.2) is 14.2 Å². The molecule has 170 valence electrons. The van der Waals surface area contributed by atoms with Crippen LogP contribution in [0.2, 0.25) is 0 Å². The molecule has 0 aliphatic carbocycles. The summed E-state index contributed by atoms with van der Waals surface area (Å²) in [7, 11) is 1.59. The van der Waals surface area contributed by atoms with E-state index in [4.69, 9.17) is 15.9 Å². The summed E-state index contributed by atoms with van der Waals surface area (Å²) in [5, 5.41) is 10.8. The SMILES string of the molecule is COCCCN(c1cccc(N)c1C=N)c1nc(Nc2ccc3[nH]c(=O)[nH]c3c2)ncc1F. The van der Waals surface area contributed by atoms with Gasteiger partial charge in [0.25, 0.3) is 0 Å². The summed E-state index contributed by atoms with van der Waals surface area (Å²) in [6.45, 7) is 0.841. The molecule has 0 unspecified atom stereocenters. The first-order chi connectivity index (χ1) is 16.0. The Morgan fingerprint density at radius 2 is 2.09 bits per heavy atom. The predicted octanol–water partition coefficient (Wildman–Crippen LogP) is 3.28. The number of ether oxygens (including phenoxy) is 1. The quantitative estimate of drug-likeness (QED) is 0.149. The van der Waals surface area contributed by atoms with Gasteiger partial charge >= 0.3 is 5.69 Å². The lowest BCUT2D eigenvalue weighted by Crippen LogP contribution is -2.24. The fourth-order valence-electron chi connectivity index (χ4n) is 3.52. The van der Waals surface area contributed by atoms with Gasteiger partial charge in [-0.05, 0) is 36.8 Å². The highest BCUT2D eigenvalue weighted by atomic mass is 19.1. The van der Waals surface area contributed by atoms with Gasteiger partial charge in [0.15, 0.2) is 11.6 Å². The van der Waals surface area contributed by atoms with Crippen molar-refractivity contribution in [2.75, 3.05) is 36.2 Å². The Bertz CT molecular complexity index is 1350. The highest BCUT2D eigenvalue weighted by molar-refractivity contribution is 5.94. The van der Waals surface area contributed by atoms with E-state index in [-0.39, 0.29) is 17.5 Å². The average Bonchev–Trinajstić information content (AvgIpc) is 3.17. The van der Waals surface area contributed by atoms with E-state index in [0.717, 1.165) is 12.4 Å². The van der Waals surface area contributed by atoms with Gasteiger partial charge in [-0.15, -0.1) is 0 Å². The number of nitrogens with zero attached hydrogens (tertiary/aromatic N) is 3. The Morgan fingerprint density at radius 3 is 2.88 bits per heavy atom. The second kappa shape index (κ2) is 9.49. The lowest BCUT2D eigenvalue weighted by Gasteiger charge is -2.26. The van der Waals surface area contributed by atoms with Crippen LogP contribution in [0.25, 0.3) is 11.0 Å². The van der Waals surface area contributed by atoms with Crippen LogP contribution in [0.1, 0.15) is 12.0 Å². The summed E-state index contributed by atoms with van der Waals surface area (Å²) in [6.07, 6.45) is 2.81. The Morgan fingerprint density at radius 1 is 1.27 bits per heavy atom. The lowest BCUT2D eigenvalue weighted by atomic mass is 10.1. The molecule has 0 amide bonds. The number of nitrogen functional groups attached to an aromatic ring is 1. The summed E-state index contributed by atoms with van der Waals surface area (Å²) in [4.78, 5) is 27.0. The van der Waals surface area contributed by atoms with E-state index in [1.54, 1.807) is 48.4 Å². The third-order valence-corrected chi connectivity index (χ3v) is 5.04. The number of fused-ring (bicyclic) bond motifs is 1. The van der Waals surface area contributed by atoms with E-state index in [9.17, 15) is 9.18 Å². The molecule has 0 bridgehead atoms. The minimum absolute atomic E-state index is 0.0356. The van der Waals surface area contributed by atoms with E-state index in [1.807, 2.05) is 0 Å². The molecule has 2 aromatic carbocycles. The van der Waals surface area contributed by atoms with Gasteiger partial charge in [0.2, 0.25) is 5.95 Å². The van der Waals surface area contributed by atoms with Crippen molar-refractivity contribution in [1.29, 1.82) is 5.41 Å². The Labute approximate surface area is 188 Å². The standard InChI is InChI=1S/C22H23FN8O2/c1-33-9-3-8-31(19-5-2-4-16(25)14(19)11-24)20-15(23)12-26-21(30-20)27-13-6-7-17-18(10-13)29-22(32)28-17/h2,4-7,10-12,24H,3,8-9,25H2,1H3,(H,26,27,30)(H2,28,29,32). The summed E-state index contributed by atoms with van der Waals surface area (Å²) in [5.41, 5.74) is 9.06. The number of imidazole rings is 1. The smallest absolute Gasteiger partial charge is 0.323 e. The largest absolute Gasteiger partial charge is 0.398 e. The first-order valence-electron chi connectivity index (χ1n) is 10.2. The molecule has 0 saturated carbocycles. The number of benzene rings is 2. The number of hydrogen-bond donors (Lipinski definition) is 5. The molecule has 0 aliphatic heterocycles. The Kier molecular flexibility index (Phi) is 6.31. The number of nitrogens with one attached hydrogen (secondary N) is 4. The van der Waals surface area contributed by atoms with Crippen LogP contribution in [0.4, 0.5) is 33.2 Å². The molecule has 0 aliphatic rings. The molecule has 4 aromatic rings. The van der Waals surface area contributed by atoms with Crippen molar-refractivity contribution in [3.8, 4) is 0 Å². The van der Waals surface area contributed by atoms with Crippen LogP contribution in [-0.4, -0.2) is 46.4 Å². The second-order valence-corrected chi connectivity index (χ2v) is 7.25. The number of aromatic amines is 2. The minimum Gasteiger partial charge on any atom is -0.398 e. The Balaban J connectivity index is 1.72. The number of methoxy groups -OCH3 is 1. The summed E-state index contributed by atoms with van der Waals surface area (Å²) < 4.78 is 20.1. The van der Waals surface area contributed by atoms with Crippen LogP contribution in [0.3, 0.4) is 0 Å². The third-order valence-electron chi connectivity index (χ3n) is 5.04. The monoisotopic (exact) mass is 450 g/mol. The maximum Gasteiger partial charge on any atom is 0.323 e. The molecule has 0 spiro atoms. The summed E-state index contributed by atoms with van der Waals surface area (Å²) in [6, 6.07) is 10.4. The molecule has 0 radical (unpaired) electrons. The molecule has 0 saturated heterocycles. The van der Waals surface area contributed by atoms with Crippen LogP contribution >= 0.6 is 0 Å². The normalized spacial score (nSPS) is 11.0. The van der Waals surface area contributed by atoms with Crippen LogP contribution in [0.15, 0.2) is 47.4 Å². The number of rotatable bonds is 9. The second-order valence-electron chi connectivity index (χ2n) is 7.25. The first kappa shape index (κ1) is 22.0. The van der Waals surface area contributed by atoms with Gasteiger partial charge in [-0.3, -0.25) is 0 Å². The number of anilines is 5. The fraction of sp³-hybridized carbons (Fsp3) is 0.182. The van der Waals surface area contributed by atoms with Crippen LogP contribution in [0.5, 0.6) is 0 Å². The first-order valence-corrected chi connectivity index (χ1v) is 10.2. The van der Waals surface area contributed by atoms with Crippen molar-refractivity contribution in [1.82, 2.24) is 19.9 Å². The topological polar surface area (TPSA) is 149 Å². The number of H-pyrrole nitrogens is 2. The van der Waals surface area contributed by atoms with E-state index < -0.39 is 5.82 Å². The van der Waals surface area contributed by atoms with Gasteiger partial charge < -0.3 is 36.1 Å². The zero-order valence-electron chi connectivity index (χ0n) is 17.9. The summed E-state index contributed by atoms with van der Waals surface area (Å²) >= 11 is 0. The molecule has 33 heavy (non-hydrogen) atoms. The number of nitrogens with two attached hydrogens (primary N) is 1. The van der Waals surface area contributed by atoms with Gasteiger partial charge in [0, 0.05) is 43.4 Å². The van der Waals surface area contributed by atoms with Gasteiger partial charge in [-0.2, -0.15) is 4.98 Å². The van der Waals surface area contributed by atoms with E-state index in [2.05, 4.69) is 25.3 Å².